The van der Waals surface area contributed by atoms with E-state index in [-0.39, 0.29) is 25.9 Å². The number of likely N-dealkylation sites (tertiary alicyclic amines) is 1. The molecule has 0 radical (unpaired) electrons. The van der Waals surface area contributed by atoms with E-state index in [4.69, 9.17) is 4.74 Å². The summed E-state index contributed by atoms with van der Waals surface area (Å²) in [5, 5.41) is 9.55. The van der Waals surface area contributed by atoms with Crippen molar-refractivity contribution < 1.29 is 23.4 Å². The first-order chi connectivity index (χ1) is 7.64. The number of carbonyl (C=O) groups is 1. The second-order valence-electron chi connectivity index (χ2n) is 5.37. The molecular weight excluding hydrogens is 232 g/mol. The van der Waals surface area contributed by atoms with E-state index in [1.165, 1.54) is 4.90 Å². The van der Waals surface area contributed by atoms with Crippen LogP contribution in [0, 0.1) is 0 Å². The van der Waals surface area contributed by atoms with Crippen molar-refractivity contribution in [2.24, 2.45) is 0 Å². The van der Waals surface area contributed by atoms with Gasteiger partial charge in [0.05, 0.1) is 0 Å². The van der Waals surface area contributed by atoms with Gasteiger partial charge in [-0.2, -0.15) is 0 Å². The lowest BCUT2D eigenvalue weighted by Gasteiger charge is -2.37. The van der Waals surface area contributed by atoms with Crippen molar-refractivity contribution in [2.45, 2.75) is 51.2 Å². The average molecular weight is 251 g/mol. The first-order valence-electron chi connectivity index (χ1n) is 5.62. The van der Waals surface area contributed by atoms with Gasteiger partial charge in [-0.3, -0.25) is 0 Å². The van der Waals surface area contributed by atoms with Gasteiger partial charge >= 0.3 is 6.09 Å². The van der Waals surface area contributed by atoms with Crippen LogP contribution in [0.3, 0.4) is 0 Å². The van der Waals surface area contributed by atoms with E-state index in [0.717, 1.165) is 0 Å². The molecule has 1 amide bonds. The largest absolute Gasteiger partial charge is 0.444 e. The minimum absolute atomic E-state index is 0.0930. The third-order valence-electron chi connectivity index (χ3n) is 2.69. The predicted molar refractivity (Wildman–Crippen MR) is 58.0 cm³/mol. The summed E-state index contributed by atoms with van der Waals surface area (Å²) in [6.07, 6.45) is -3.54. The maximum absolute atomic E-state index is 12.5. The van der Waals surface area contributed by atoms with E-state index < -0.39 is 23.7 Å². The van der Waals surface area contributed by atoms with Crippen LogP contribution in [-0.4, -0.2) is 46.8 Å². The number of amides is 1. The molecule has 0 aromatic rings. The molecule has 0 bridgehead atoms. The Kier molecular flexibility index (Phi) is 3.96. The summed E-state index contributed by atoms with van der Waals surface area (Å²) >= 11 is 0. The molecular formula is C11H19F2NO3. The molecule has 0 unspecified atom stereocenters. The molecule has 0 aliphatic carbocycles. The Labute approximate surface area is 99.5 Å². The van der Waals surface area contributed by atoms with E-state index >= 15 is 0 Å². The van der Waals surface area contributed by atoms with Crippen LogP contribution in [-0.2, 0) is 4.74 Å². The van der Waals surface area contributed by atoms with Crippen molar-refractivity contribution in [1.82, 2.24) is 4.90 Å². The molecule has 1 saturated heterocycles. The summed E-state index contributed by atoms with van der Waals surface area (Å²) in [6, 6.07) is 0. The Bertz CT molecular complexity index is 281. The van der Waals surface area contributed by atoms with Crippen molar-refractivity contribution in [2.75, 3.05) is 13.1 Å². The van der Waals surface area contributed by atoms with Crippen LogP contribution < -0.4 is 0 Å². The highest BCUT2D eigenvalue weighted by Crippen LogP contribution is 2.29. The number of hydrogen-bond donors (Lipinski definition) is 1. The Hall–Kier alpha value is -0.910. The summed E-state index contributed by atoms with van der Waals surface area (Å²) in [4.78, 5) is 13.0. The predicted octanol–water partition coefficient (Wildman–Crippen LogP) is 2.01. The lowest BCUT2D eigenvalue weighted by atomic mass is 9.92. The average Bonchev–Trinajstić information content (AvgIpc) is 2.15. The van der Waals surface area contributed by atoms with Crippen LogP contribution in [0.5, 0.6) is 0 Å². The Morgan fingerprint density at radius 1 is 1.35 bits per heavy atom. The molecule has 1 heterocycles. The van der Waals surface area contributed by atoms with Gasteiger partial charge < -0.3 is 14.7 Å². The second-order valence-corrected chi connectivity index (χ2v) is 5.37. The van der Waals surface area contributed by atoms with Crippen molar-refractivity contribution in [1.29, 1.82) is 0 Å². The van der Waals surface area contributed by atoms with Gasteiger partial charge in [0.25, 0.3) is 6.43 Å². The zero-order valence-corrected chi connectivity index (χ0v) is 10.4. The number of carbonyl (C=O) groups excluding carboxylic acids is 1. The second kappa shape index (κ2) is 4.76. The number of rotatable bonds is 1. The molecule has 1 fully saturated rings. The molecule has 1 N–H and O–H groups in total. The standard InChI is InChI=1S/C11H19F2NO3/c1-10(2,3)17-9(15)14-6-4-11(16,5-7-14)8(12)13/h8,16H,4-7H2,1-3H3. The van der Waals surface area contributed by atoms with Crippen molar-refractivity contribution in [3.63, 3.8) is 0 Å². The molecule has 0 spiro atoms. The molecule has 6 heteroatoms. The quantitative estimate of drug-likeness (QED) is 0.775. The van der Waals surface area contributed by atoms with E-state index in [9.17, 15) is 18.7 Å². The zero-order valence-electron chi connectivity index (χ0n) is 10.4. The van der Waals surface area contributed by atoms with E-state index in [2.05, 4.69) is 0 Å². The first-order valence-corrected chi connectivity index (χ1v) is 5.62. The maximum Gasteiger partial charge on any atom is 0.410 e. The molecule has 0 atom stereocenters. The van der Waals surface area contributed by atoms with Crippen LogP contribution in [0.1, 0.15) is 33.6 Å². The van der Waals surface area contributed by atoms with Gasteiger partial charge in [0, 0.05) is 13.1 Å². The highest BCUT2D eigenvalue weighted by Gasteiger charge is 2.42. The van der Waals surface area contributed by atoms with Gasteiger partial charge in [0.15, 0.2) is 0 Å². The van der Waals surface area contributed by atoms with E-state index in [1.807, 2.05) is 0 Å². The Balaban J connectivity index is 2.50. The normalized spacial score (nSPS) is 20.5. The summed E-state index contributed by atoms with van der Waals surface area (Å²) in [6.45, 7) is 5.41. The van der Waals surface area contributed by atoms with E-state index in [0.29, 0.717) is 0 Å². The lowest BCUT2D eigenvalue weighted by molar-refractivity contribution is -0.125. The Morgan fingerprint density at radius 3 is 2.18 bits per heavy atom. The van der Waals surface area contributed by atoms with Crippen LogP contribution >= 0.6 is 0 Å². The van der Waals surface area contributed by atoms with Gasteiger partial charge in [-0.05, 0) is 33.6 Å². The maximum atomic E-state index is 12.5. The third kappa shape index (κ3) is 3.80. The molecule has 1 aliphatic heterocycles. The summed E-state index contributed by atoms with van der Waals surface area (Å²) in [5.74, 6) is 0. The first kappa shape index (κ1) is 14.2. The number of alkyl halides is 2. The number of piperidine rings is 1. The molecule has 0 aromatic heterocycles. The minimum atomic E-state index is -2.77. The highest BCUT2D eigenvalue weighted by atomic mass is 19.3. The van der Waals surface area contributed by atoms with Crippen LogP contribution in [0.4, 0.5) is 13.6 Å². The molecule has 17 heavy (non-hydrogen) atoms. The van der Waals surface area contributed by atoms with Crippen LogP contribution in [0.2, 0.25) is 0 Å². The fourth-order valence-corrected chi connectivity index (χ4v) is 1.62. The van der Waals surface area contributed by atoms with Gasteiger partial charge in [0.1, 0.15) is 11.2 Å². The summed E-state index contributed by atoms with van der Waals surface area (Å²) in [5.41, 5.74) is -2.56. The number of hydrogen-bond acceptors (Lipinski definition) is 3. The van der Waals surface area contributed by atoms with Crippen molar-refractivity contribution >= 4 is 6.09 Å². The molecule has 1 rings (SSSR count). The lowest BCUT2D eigenvalue weighted by Crippen LogP contribution is -2.51. The van der Waals surface area contributed by atoms with Crippen LogP contribution in [0.15, 0.2) is 0 Å². The fourth-order valence-electron chi connectivity index (χ4n) is 1.62. The summed E-state index contributed by atoms with van der Waals surface area (Å²) in [7, 11) is 0. The summed E-state index contributed by atoms with van der Waals surface area (Å²) < 4.78 is 30.2. The minimum Gasteiger partial charge on any atom is -0.444 e. The number of ether oxygens (including phenoxy) is 1. The van der Waals surface area contributed by atoms with E-state index in [1.54, 1.807) is 20.8 Å². The highest BCUT2D eigenvalue weighted by molar-refractivity contribution is 5.68. The number of halogens is 2. The number of nitrogens with zero attached hydrogens (tertiary/aromatic N) is 1. The smallest absolute Gasteiger partial charge is 0.410 e. The van der Waals surface area contributed by atoms with Gasteiger partial charge in [0.2, 0.25) is 0 Å². The van der Waals surface area contributed by atoms with Crippen LogP contribution in [0.25, 0.3) is 0 Å². The van der Waals surface area contributed by atoms with Crippen molar-refractivity contribution in [3.8, 4) is 0 Å². The Morgan fingerprint density at radius 2 is 1.82 bits per heavy atom. The van der Waals surface area contributed by atoms with Crippen molar-refractivity contribution in [3.05, 3.63) is 0 Å². The number of aliphatic hydroxyl groups is 1. The molecule has 0 saturated carbocycles. The van der Waals surface area contributed by atoms with Gasteiger partial charge in [-0.25, -0.2) is 13.6 Å². The monoisotopic (exact) mass is 251 g/mol. The molecule has 1 aliphatic rings. The SMILES string of the molecule is CC(C)(C)OC(=O)N1CCC(O)(C(F)F)CC1. The molecule has 100 valence electrons. The third-order valence-corrected chi connectivity index (χ3v) is 2.69. The topological polar surface area (TPSA) is 49.8 Å². The fraction of sp³-hybridized carbons (Fsp3) is 0.909. The zero-order chi connectivity index (χ0) is 13.3. The van der Waals surface area contributed by atoms with Gasteiger partial charge in [-0.1, -0.05) is 0 Å². The molecule has 0 aromatic carbocycles. The molecule has 4 nitrogen and oxygen atoms in total. The van der Waals surface area contributed by atoms with Gasteiger partial charge in [-0.15, -0.1) is 0 Å².